The number of nitrogens with one attached hydrogen (secondary N) is 1. The van der Waals surface area contributed by atoms with E-state index in [2.05, 4.69) is 10.2 Å². The molecule has 116 valence electrons. The Balaban J connectivity index is 1.53. The summed E-state index contributed by atoms with van der Waals surface area (Å²) in [6.45, 7) is 4.49. The van der Waals surface area contributed by atoms with Gasteiger partial charge in [-0.1, -0.05) is 0 Å². The maximum Gasteiger partial charge on any atom is 0.249 e. The van der Waals surface area contributed by atoms with Gasteiger partial charge in [0.2, 0.25) is 11.8 Å². The summed E-state index contributed by atoms with van der Waals surface area (Å²) >= 11 is 0. The molecule has 0 aromatic heterocycles. The molecule has 1 saturated carbocycles. The molecule has 0 aromatic carbocycles. The van der Waals surface area contributed by atoms with Gasteiger partial charge in [-0.15, -0.1) is 0 Å². The number of nitrogens with zero attached hydrogens (tertiary/aromatic N) is 2. The average molecular weight is 291 g/mol. The van der Waals surface area contributed by atoms with E-state index in [9.17, 15) is 9.59 Å². The number of piperidine rings is 1. The molecule has 3 aliphatic heterocycles. The van der Waals surface area contributed by atoms with Crippen LogP contribution in [0.5, 0.6) is 0 Å². The first kappa shape index (κ1) is 13.6. The Morgan fingerprint density at radius 3 is 2.67 bits per heavy atom. The summed E-state index contributed by atoms with van der Waals surface area (Å²) in [5.41, 5.74) is -0.637. The first-order valence-electron chi connectivity index (χ1n) is 8.44. The Morgan fingerprint density at radius 1 is 1.10 bits per heavy atom. The van der Waals surface area contributed by atoms with Gasteiger partial charge in [0.05, 0.1) is 6.54 Å². The summed E-state index contributed by atoms with van der Waals surface area (Å²) in [5, 5.41) is 2.98. The number of fused-ring (bicyclic) bond motifs is 1. The van der Waals surface area contributed by atoms with Crippen LogP contribution in [-0.4, -0.2) is 58.9 Å². The molecule has 5 nitrogen and oxygen atoms in total. The van der Waals surface area contributed by atoms with Gasteiger partial charge >= 0.3 is 0 Å². The standard InChI is InChI=1S/C16H25N3O2/c1-16(11-4-5-11)15(21)19(10-14(20)17-16)13-6-8-18-7-2-3-12(18)9-13/h11-13H,2-10H2,1H3,(H,17,20). The summed E-state index contributed by atoms with van der Waals surface area (Å²) in [6.07, 6.45) is 6.75. The van der Waals surface area contributed by atoms with Crippen molar-refractivity contribution in [3.05, 3.63) is 0 Å². The van der Waals surface area contributed by atoms with Crippen LogP contribution in [0.2, 0.25) is 0 Å². The Labute approximate surface area is 126 Å². The maximum absolute atomic E-state index is 13.0. The fraction of sp³-hybridized carbons (Fsp3) is 0.875. The number of amides is 2. The van der Waals surface area contributed by atoms with Crippen LogP contribution in [0.25, 0.3) is 0 Å². The van der Waals surface area contributed by atoms with Crippen molar-refractivity contribution in [2.45, 2.75) is 63.1 Å². The largest absolute Gasteiger partial charge is 0.340 e. The van der Waals surface area contributed by atoms with Crippen LogP contribution in [0, 0.1) is 5.92 Å². The fourth-order valence-electron chi connectivity index (χ4n) is 4.63. The lowest BCUT2D eigenvalue weighted by Crippen LogP contribution is -2.69. The predicted octanol–water partition coefficient (Wildman–Crippen LogP) is 0.740. The molecule has 0 bridgehead atoms. The van der Waals surface area contributed by atoms with Gasteiger partial charge in [0.25, 0.3) is 0 Å². The van der Waals surface area contributed by atoms with E-state index >= 15 is 0 Å². The van der Waals surface area contributed by atoms with E-state index < -0.39 is 5.54 Å². The Bertz CT molecular complexity index is 476. The zero-order chi connectivity index (χ0) is 14.6. The lowest BCUT2D eigenvalue weighted by molar-refractivity contribution is -0.154. The molecule has 0 radical (unpaired) electrons. The van der Waals surface area contributed by atoms with E-state index in [0.29, 0.717) is 12.0 Å². The highest BCUT2D eigenvalue weighted by molar-refractivity contribution is 5.98. The van der Waals surface area contributed by atoms with E-state index in [1.807, 2.05) is 11.8 Å². The molecule has 2 amide bonds. The molecular weight excluding hydrogens is 266 g/mol. The molecule has 3 atom stereocenters. The highest BCUT2D eigenvalue weighted by Crippen LogP contribution is 2.42. The second-order valence-corrected chi connectivity index (χ2v) is 7.47. The first-order chi connectivity index (χ1) is 10.1. The molecule has 4 rings (SSSR count). The van der Waals surface area contributed by atoms with Gasteiger partial charge in [-0.3, -0.25) is 9.59 Å². The molecule has 3 heterocycles. The van der Waals surface area contributed by atoms with E-state index in [0.717, 1.165) is 32.2 Å². The van der Waals surface area contributed by atoms with E-state index in [4.69, 9.17) is 0 Å². The van der Waals surface area contributed by atoms with E-state index in [1.165, 1.54) is 19.4 Å². The van der Waals surface area contributed by atoms with Crippen LogP contribution in [-0.2, 0) is 9.59 Å². The van der Waals surface area contributed by atoms with Crippen molar-refractivity contribution >= 4 is 11.8 Å². The Morgan fingerprint density at radius 2 is 1.90 bits per heavy atom. The average Bonchev–Trinajstić information content (AvgIpc) is 3.22. The minimum Gasteiger partial charge on any atom is -0.340 e. The normalized spacial score (nSPS) is 41.1. The topological polar surface area (TPSA) is 52.7 Å². The number of hydrogen-bond acceptors (Lipinski definition) is 3. The number of rotatable bonds is 2. The summed E-state index contributed by atoms with van der Waals surface area (Å²) in [6, 6.07) is 0.898. The molecule has 4 aliphatic rings. The van der Waals surface area contributed by atoms with Crippen LogP contribution in [0.1, 0.15) is 45.4 Å². The van der Waals surface area contributed by atoms with E-state index in [1.54, 1.807) is 0 Å². The second kappa shape index (κ2) is 4.70. The third-order valence-electron chi connectivity index (χ3n) is 6.05. The zero-order valence-corrected chi connectivity index (χ0v) is 12.8. The lowest BCUT2D eigenvalue weighted by atomic mass is 9.88. The summed E-state index contributed by atoms with van der Waals surface area (Å²) in [4.78, 5) is 29.6. The van der Waals surface area contributed by atoms with Crippen molar-refractivity contribution in [1.29, 1.82) is 0 Å². The van der Waals surface area contributed by atoms with Crippen LogP contribution in [0.4, 0.5) is 0 Å². The molecule has 0 spiro atoms. The van der Waals surface area contributed by atoms with Crippen molar-refractivity contribution in [3.8, 4) is 0 Å². The van der Waals surface area contributed by atoms with E-state index in [-0.39, 0.29) is 24.4 Å². The van der Waals surface area contributed by atoms with Crippen LogP contribution >= 0.6 is 0 Å². The lowest BCUT2D eigenvalue weighted by Gasteiger charge is -2.46. The predicted molar refractivity (Wildman–Crippen MR) is 78.6 cm³/mol. The Kier molecular flexibility index (Phi) is 3.03. The quantitative estimate of drug-likeness (QED) is 0.816. The van der Waals surface area contributed by atoms with Gasteiger partial charge in [-0.05, 0) is 57.9 Å². The molecular formula is C16H25N3O2. The number of hydrogen-bond donors (Lipinski definition) is 1. The van der Waals surface area contributed by atoms with Gasteiger partial charge in [-0.25, -0.2) is 0 Å². The molecule has 4 fully saturated rings. The smallest absolute Gasteiger partial charge is 0.249 e. The van der Waals surface area contributed by atoms with Crippen molar-refractivity contribution in [2.75, 3.05) is 19.6 Å². The zero-order valence-electron chi connectivity index (χ0n) is 12.8. The third kappa shape index (κ3) is 2.17. The minimum atomic E-state index is -0.637. The van der Waals surface area contributed by atoms with Gasteiger partial charge < -0.3 is 15.1 Å². The summed E-state index contributed by atoms with van der Waals surface area (Å²) < 4.78 is 0. The summed E-state index contributed by atoms with van der Waals surface area (Å²) in [7, 11) is 0. The van der Waals surface area contributed by atoms with Crippen molar-refractivity contribution in [1.82, 2.24) is 15.1 Å². The van der Waals surface area contributed by atoms with Gasteiger partial charge in [-0.2, -0.15) is 0 Å². The van der Waals surface area contributed by atoms with Crippen LogP contribution < -0.4 is 5.32 Å². The second-order valence-electron chi connectivity index (χ2n) is 7.47. The molecule has 3 saturated heterocycles. The first-order valence-corrected chi connectivity index (χ1v) is 8.44. The van der Waals surface area contributed by atoms with Crippen molar-refractivity contribution in [2.24, 2.45) is 5.92 Å². The van der Waals surface area contributed by atoms with Gasteiger partial charge in [0, 0.05) is 18.6 Å². The molecule has 1 aliphatic carbocycles. The highest BCUT2D eigenvalue weighted by Gasteiger charge is 2.54. The number of piperazine rings is 1. The summed E-state index contributed by atoms with van der Waals surface area (Å²) in [5.74, 6) is 0.544. The number of carbonyl (C=O) groups excluding carboxylic acids is 2. The monoisotopic (exact) mass is 291 g/mol. The van der Waals surface area contributed by atoms with Crippen molar-refractivity contribution in [3.63, 3.8) is 0 Å². The van der Waals surface area contributed by atoms with Crippen molar-refractivity contribution < 1.29 is 9.59 Å². The third-order valence-corrected chi connectivity index (χ3v) is 6.05. The molecule has 1 N–H and O–H groups in total. The molecule has 5 heteroatoms. The van der Waals surface area contributed by atoms with Crippen LogP contribution in [0.3, 0.4) is 0 Å². The van der Waals surface area contributed by atoms with Gasteiger partial charge in [0.15, 0.2) is 0 Å². The van der Waals surface area contributed by atoms with Gasteiger partial charge in [0.1, 0.15) is 5.54 Å². The Hall–Kier alpha value is -1.10. The molecule has 0 aromatic rings. The fourth-order valence-corrected chi connectivity index (χ4v) is 4.63. The number of carbonyl (C=O) groups is 2. The van der Waals surface area contributed by atoms with Crippen LogP contribution in [0.15, 0.2) is 0 Å². The SMILES string of the molecule is CC1(C2CC2)NC(=O)CN(C2CCN3CCCC3C2)C1=O. The highest BCUT2D eigenvalue weighted by atomic mass is 16.2. The molecule has 3 unspecified atom stereocenters. The minimum absolute atomic E-state index is 0.0258. The molecule has 21 heavy (non-hydrogen) atoms. The maximum atomic E-state index is 13.0.